The number of furan rings is 2. The Hall–Kier alpha value is -6.58. The number of para-hydroxylation sites is 2. The van der Waals surface area contributed by atoms with Gasteiger partial charge in [0.25, 0.3) is 0 Å². The van der Waals surface area contributed by atoms with Gasteiger partial charge in [-0.05, 0) is 64.5 Å². The number of nitrogens with zero attached hydrogens (tertiary/aromatic N) is 1. The van der Waals surface area contributed by atoms with Crippen LogP contribution in [0.1, 0.15) is 0 Å². The highest BCUT2D eigenvalue weighted by Crippen LogP contribution is 2.49. The Bertz CT molecular complexity index is 2830. The van der Waals surface area contributed by atoms with Gasteiger partial charge in [-0.25, -0.2) is 0 Å². The van der Waals surface area contributed by atoms with Gasteiger partial charge in [-0.15, -0.1) is 0 Å². The highest BCUT2D eigenvalue weighted by atomic mass is 16.3. The van der Waals surface area contributed by atoms with Gasteiger partial charge >= 0.3 is 0 Å². The number of anilines is 3. The zero-order chi connectivity index (χ0) is 32.3. The van der Waals surface area contributed by atoms with Crippen LogP contribution in [0.5, 0.6) is 0 Å². The molecule has 0 aliphatic heterocycles. The molecule has 0 atom stereocenters. The van der Waals surface area contributed by atoms with Gasteiger partial charge in [0.1, 0.15) is 16.7 Å². The average molecular weight is 628 g/mol. The lowest BCUT2D eigenvalue weighted by molar-refractivity contribution is 0.669. The largest absolute Gasteiger partial charge is 0.455 e. The van der Waals surface area contributed by atoms with Crippen LogP contribution in [0.4, 0.5) is 17.1 Å². The standard InChI is InChI=1S/C46H29NO2/c1-3-13-30(14-4-1)33-26-28-39(38(29-33)31-15-5-2-6-16-31)47(41-22-11-20-36-35-19-9-10-23-42(35)48-46(36)41)40-21-12-24-43-44(40)37-27-25-32-17-7-8-18-34(32)45(37)49-43/h1-29H. The fraction of sp³-hybridized carbons (Fsp3) is 0. The van der Waals surface area contributed by atoms with Gasteiger partial charge in [0.2, 0.25) is 0 Å². The van der Waals surface area contributed by atoms with Gasteiger partial charge in [0.05, 0.1) is 22.4 Å². The monoisotopic (exact) mass is 627 g/mol. The molecule has 3 nitrogen and oxygen atoms in total. The van der Waals surface area contributed by atoms with Crippen LogP contribution in [0.25, 0.3) is 76.9 Å². The van der Waals surface area contributed by atoms with Gasteiger partial charge in [-0.2, -0.15) is 0 Å². The van der Waals surface area contributed by atoms with Crippen LogP contribution in [-0.2, 0) is 0 Å². The molecule has 0 radical (unpaired) electrons. The Morgan fingerprint density at radius 2 is 1.00 bits per heavy atom. The van der Waals surface area contributed by atoms with E-state index in [-0.39, 0.29) is 0 Å². The molecule has 2 heterocycles. The molecule has 0 unspecified atom stereocenters. The van der Waals surface area contributed by atoms with Crippen LogP contribution in [0.2, 0.25) is 0 Å². The predicted octanol–water partition coefficient (Wildman–Crippen LogP) is 13.4. The summed E-state index contributed by atoms with van der Waals surface area (Å²) in [7, 11) is 0. The fourth-order valence-corrected chi connectivity index (χ4v) is 7.41. The third-order valence-corrected chi connectivity index (χ3v) is 9.66. The summed E-state index contributed by atoms with van der Waals surface area (Å²) in [6.07, 6.45) is 0. The van der Waals surface area contributed by atoms with Gasteiger partial charge in [0.15, 0.2) is 5.58 Å². The summed E-state index contributed by atoms with van der Waals surface area (Å²) in [6, 6.07) is 61.9. The third-order valence-electron chi connectivity index (χ3n) is 9.66. The Kier molecular flexibility index (Phi) is 6.18. The molecule has 0 aliphatic rings. The quantitative estimate of drug-likeness (QED) is 0.190. The van der Waals surface area contributed by atoms with Crippen LogP contribution in [0.15, 0.2) is 185 Å². The van der Waals surface area contributed by atoms with E-state index in [9.17, 15) is 0 Å². The van der Waals surface area contributed by atoms with E-state index < -0.39 is 0 Å². The first-order chi connectivity index (χ1) is 24.3. The molecule has 0 aliphatic carbocycles. The molecule has 2 aromatic heterocycles. The van der Waals surface area contributed by atoms with Gasteiger partial charge in [-0.3, -0.25) is 0 Å². The Labute approximate surface area is 282 Å². The molecule has 0 spiro atoms. The summed E-state index contributed by atoms with van der Waals surface area (Å²) < 4.78 is 13.4. The summed E-state index contributed by atoms with van der Waals surface area (Å²) in [4.78, 5) is 2.37. The Morgan fingerprint density at radius 1 is 0.347 bits per heavy atom. The van der Waals surface area contributed by atoms with E-state index in [4.69, 9.17) is 8.83 Å². The van der Waals surface area contributed by atoms with E-state index in [0.717, 1.165) is 88.4 Å². The first-order valence-corrected chi connectivity index (χ1v) is 16.6. The van der Waals surface area contributed by atoms with E-state index in [0.29, 0.717) is 0 Å². The summed E-state index contributed by atoms with van der Waals surface area (Å²) in [5.74, 6) is 0. The van der Waals surface area contributed by atoms with E-state index in [2.05, 4.69) is 169 Å². The third kappa shape index (κ3) is 4.37. The van der Waals surface area contributed by atoms with Crippen molar-refractivity contribution in [2.75, 3.05) is 4.90 Å². The van der Waals surface area contributed by atoms with Gasteiger partial charge in [-0.1, -0.05) is 133 Å². The van der Waals surface area contributed by atoms with Crippen molar-refractivity contribution < 1.29 is 8.83 Å². The maximum absolute atomic E-state index is 6.72. The minimum atomic E-state index is 0.838. The number of benzene rings is 8. The highest BCUT2D eigenvalue weighted by molar-refractivity contribution is 6.21. The topological polar surface area (TPSA) is 29.5 Å². The number of hydrogen-bond donors (Lipinski definition) is 0. The van der Waals surface area contributed by atoms with Gasteiger partial charge < -0.3 is 13.7 Å². The summed E-state index contributed by atoms with van der Waals surface area (Å²) in [6.45, 7) is 0. The molecule has 0 saturated carbocycles. The SMILES string of the molecule is c1ccc(-c2ccc(N(c3cccc4c3oc3ccccc34)c3cccc4oc5c6ccccc6ccc5c34)c(-c3ccccc3)c2)cc1. The minimum Gasteiger partial charge on any atom is -0.455 e. The van der Waals surface area contributed by atoms with Crippen LogP contribution >= 0.6 is 0 Å². The van der Waals surface area contributed by atoms with Crippen molar-refractivity contribution in [3.05, 3.63) is 176 Å². The Balaban J connectivity index is 1.33. The molecule has 0 amide bonds. The van der Waals surface area contributed by atoms with Crippen molar-refractivity contribution in [1.29, 1.82) is 0 Å². The van der Waals surface area contributed by atoms with Gasteiger partial charge in [0, 0.05) is 27.1 Å². The molecule has 230 valence electrons. The molecule has 8 aromatic carbocycles. The van der Waals surface area contributed by atoms with E-state index in [1.807, 2.05) is 12.1 Å². The average Bonchev–Trinajstić information content (AvgIpc) is 3.76. The molecule has 10 rings (SSSR count). The van der Waals surface area contributed by atoms with Crippen molar-refractivity contribution >= 4 is 71.7 Å². The van der Waals surface area contributed by atoms with Crippen LogP contribution < -0.4 is 4.90 Å². The summed E-state index contributed by atoms with van der Waals surface area (Å²) >= 11 is 0. The maximum atomic E-state index is 6.72. The van der Waals surface area contributed by atoms with Crippen LogP contribution in [0, 0.1) is 0 Å². The van der Waals surface area contributed by atoms with E-state index in [1.165, 1.54) is 5.56 Å². The van der Waals surface area contributed by atoms with Crippen LogP contribution in [0.3, 0.4) is 0 Å². The van der Waals surface area contributed by atoms with E-state index >= 15 is 0 Å². The number of hydrogen-bond acceptors (Lipinski definition) is 3. The van der Waals surface area contributed by atoms with Crippen molar-refractivity contribution in [2.24, 2.45) is 0 Å². The van der Waals surface area contributed by atoms with Crippen molar-refractivity contribution in [3.8, 4) is 22.3 Å². The molecule has 0 fully saturated rings. The van der Waals surface area contributed by atoms with E-state index in [1.54, 1.807) is 0 Å². The zero-order valence-corrected chi connectivity index (χ0v) is 26.5. The van der Waals surface area contributed by atoms with Crippen molar-refractivity contribution in [1.82, 2.24) is 0 Å². The fourth-order valence-electron chi connectivity index (χ4n) is 7.41. The molecule has 0 saturated heterocycles. The first-order valence-electron chi connectivity index (χ1n) is 16.6. The molecular weight excluding hydrogens is 599 g/mol. The van der Waals surface area contributed by atoms with Crippen molar-refractivity contribution in [2.45, 2.75) is 0 Å². The zero-order valence-electron chi connectivity index (χ0n) is 26.5. The molecule has 49 heavy (non-hydrogen) atoms. The molecule has 10 aromatic rings. The summed E-state index contributed by atoms with van der Waals surface area (Å²) in [5.41, 5.74) is 11.0. The smallest absolute Gasteiger partial charge is 0.159 e. The second kappa shape index (κ2) is 11.0. The maximum Gasteiger partial charge on any atom is 0.159 e. The minimum absolute atomic E-state index is 0.838. The van der Waals surface area contributed by atoms with Crippen molar-refractivity contribution in [3.63, 3.8) is 0 Å². The normalized spacial score (nSPS) is 11.7. The second-order valence-corrected chi connectivity index (χ2v) is 12.5. The first kappa shape index (κ1) is 27.5. The lowest BCUT2D eigenvalue weighted by Crippen LogP contribution is -2.12. The lowest BCUT2D eigenvalue weighted by Gasteiger charge is -2.29. The molecule has 0 bridgehead atoms. The molecular formula is C46H29NO2. The Morgan fingerprint density at radius 3 is 1.86 bits per heavy atom. The predicted molar refractivity (Wildman–Crippen MR) is 204 cm³/mol. The second-order valence-electron chi connectivity index (χ2n) is 12.5. The number of fused-ring (bicyclic) bond motifs is 8. The highest BCUT2D eigenvalue weighted by Gasteiger charge is 2.26. The lowest BCUT2D eigenvalue weighted by atomic mass is 9.95. The molecule has 3 heteroatoms. The number of rotatable bonds is 5. The molecule has 0 N–H and O–H groups in total. The summed E-state index contributed by atoms with van der Waals surface area (Å²) in [5, 5.41) is 6.57. The van der Waals surface area contributed by atoms with Crippen LogP contribution in [-0.4, -0.2) is 0 Å².